The lowest BCUT2D eigenvalue weighted by atomic mass is 9.94. The summed E-state index contributed by atoms with van der Waals surface area (Å²) < 4.78 is 13.6. The average molecular weight is 366 g/mol. The number of Topliss-reactive ketones (excluding diaryl/α,β-unsaturated/α-hetero) is 2. The highest BCUT2D eigenvalue weighted by atomic mass is 19.1. The Kier molecular flexibility index (Phi) is 5.49. The molecule has 0 unspecified atom stereocenters. The minimum atomic E-state index is -0.284. The highest BCUT2D eigenvalue weighted by Crippen LogP contribution is 2.24. The highest BCUT2D eigenvalue weighted by Gasteiger charge is 2.17. The second kappa shape index (κ2) is 7.82. The van der Waals surface area contributed by atoms with Crippen LogP contribution in [0.5, 0.6) is 0 Å². The molecule has 0 saturated heterocycles. The summed E-state index contributed by atoms with van der Waals surface area (Å²) in [5, 5.41) is 7.65. The Morgan fingerprint density at radius 1 is 1.07 bits per heavy atom. The number of aromatic nitrogens is 2. The van der Waals surface area contributed by atoms with Crippen molar-refractivity contribution in [1.82, 2.24) is 10.2 Å². The minimum absolute atomic E-state index is 0.0168. The zero-order chi connectivity index (χ0) is 19.6. The van der Waals surface area contributed by atoms with E-state index in [1.807, 2.05) is 19.9 Å². The molecule has 5 heteroatoms. The van der Waals surface area contributed by atoms with Crippen molar-refractivity contribution in [1.29, 1.82) is 0 Å². The van der Waals surface area contributed by atoms with Crippen LogP contribution in [0.15, 0.2) is 30.3 Å². The third kappa shape index (κ3) is 3.82. The van der Waals surface area contributed by atoms with Crippen molar-refractivity contribution >= 4 is 22.5 Å². The van der Waals surface area contributed by atoms with Gasteiger partial charge in [-0.25, -0.2) is 4.39 Å². The number of ketones is 2. The third-order valence-corrected chi connectivity index (χ3v) is 4.96. The predicted molar refractivity (Wildman–Crippen MR) is 104 cm³/mol. The molecule has 0 bridgehead atoms. The van der Waals surface area contributed by atoms with Crippen molar-refractivity contribution in [3.63, 3.8) is 0 Å². The van der Waals surface area contributed by atoms with Crippen LogP contribution in [-0.2, 0) is 12.8 Å². The summed E-state index contributed by atoms with van der Waals surface area (Å²) in [4.78, 5) is 24.9. The summed E-state index contributed by atoms with van der Waals surface area (Å²) in [6.07, 6.45) is 1.93. The number of halogens is 1. The molecule has 1 aromatic heterocycles. The molecule has 0 saturated carbocycles. The molecule has 0 aliphatic rings. The fourth-order valence-corrected chi connectivity index (χ4v) is 3.41. The van der Waals surface area contributed by atoms with Crippen molar-refractivity contribution in [3.8, 4) is 0 Å². The number of fused-ring (bicyclic) bond motifs is 1. The van der Waals surface area contributed by atoms with Gasteiger partial charge in [0.15, 0.2) is 11.6 Å². The molecule has 1 heterocycles. The molecule has 4 nitrogen and oxygen atoms in total. The maximum absolute atomic E-state index is 13.6. The molecule has 0 amide bonds. The first kappa shape index (κ1) is 19.0. The van der Waals surface area contributed by atoms with Crippen molar-refractivity contribution in [3.05, 3.63) is 64.1 Å². The molecule has 0 spiro atoms. The fourth-order valence-electron chi connectivity index (χ4n) is 3.41. The molecule has 0 fully saturated rings. The fraction of sp³-hybridized carbons (Fsp3) is 0.318. The van der Waals surface area contributed by atoms with Crippen molar-refractivity contribution < 1.29 is 14.0 Å². The minimum Gasteiger partial charge on any atom is -0.294 e. The van der Waals surface area contributed by atoms with Crippen molar-refractivity contribution in [2.24, 2.45) is 0 Å². The lowest BCUT2D eigenvalue weighted by Crippen LogP contribution is -2.06. The standard InChI is InChI=1S/C22H23FN2O2/c1-4-14-6-8-16(23)11-15(14)7-9-21(27)17-12-18-19(10-13(17)3)24-25-22(18)20(26)5-2/h6,8,10-12H,4-5,7,9H2,1-3H3,(H,24,25). The Hall–Kier alpha value is -2.82. The van der Waals surface area contributed by atoms with E-state index in [-0.39, 0.29) is 23.8 Å². The predicted octanol–water partition coefficient (Wildman–Crippen LogP) is 4.98. The summed E-state index contributed by atoms with van der Waals surface area (Å²) in [6, 6.07) is 8.34. The number of benzene rings is 2. The number of carbonyl (C=O) groups excluding carboxylic acids is 2. The maximum Gasteiger partial charge on any atom is 0.183 e. The number of hydrogen-bond donors (Lipinski definition) is 1. The van der Waals surface area contributed by atoms with Crippen LogP contribution in [0.4, 0.5) is 4.39 Å². The van der Waals surface area contributed by atoms with E-state index in [9.17, 15) is 14.0 Å². The maximum atomic E-state index is 13.6. The summed E-state index contributed by atoms with van der Waals surface area (Å²) in [7, 11) is 0. The van der Waals surface area contributed by atoms with Gasteiger partial charge in [0, 0.05) is 23.8 Å². The first-order valence-electron chi connectivity index (χ1n) is 9.27. The van der Waals surface area contributed by atoms with Crippen LogP contribution in [0.1, 0.15) is 64.2 Å². The molecule has 0 radical (unpaired) electrons. The molecular weight excluding hydrogens is 343 g/mol. The first-order valence-corrected chi connectivity index (χ1v) is 9.27. The Balaban J connectivity index is 1.88. The Morgan fingerprint density at radius 2 is 1.85 bits per heavy atom. The van der Waals surface area contributed by atoms with Crippen LogP contribution in [0.3, 0.4) is 0 Å². The van der Waals surface area contributed by atoms with Gasteiger partial charge in [0.25, 0.3) is 0 Å². The Bertz CT molecular complexity index is 1020. The van der Waals surface area contributed by atoms with Crippen LogP contribution in [0, 0.1) is 12.7 Å². The number of nitrogens with zero attached hydrogens (tertiary/aromatic N) is 1. The van der Waals surface area contributed by atoms with E-state index >= 15 is 0 Å². The molecular formula is C22H23FN2O2. The van der Waals surface area contributed by atoms with Gasteiger partial charge in [-0.2, -0.15) is 5.10 Å². The zero-order valence-corrected chi connectivity index (χ0v) is 15.9. The normalized spacial score (nSPS) is 11.1. The second-order valence-electron chi connectivity index (χ2n) is 6.75. The Labute approximate surface area is 157 Å². The van der Waals surface area contributed by atoms with Crippen LogP contribution in [0.25, 0.3) is 10.9 Å². The summed E-state index contributed by atoms with van der Waals surface area (Å²) in [6.45, 7) is 5.67. The van der Waals surface area contributed by atoms with E-state index in [4.69, 9.17) is 0 Å². The lowest BCUT2D eigenvalue weighted by molar-refractivity contribution is 0.0974. The van der Waals surface area contributed by atoms with Gasteiger partial charge in [0.1, 0.15) is 11.5 Å². The van der Waals surface area contributed by atoms with E-state index < -0.39 is 0 Å². The quantitative estimate of drug-likeness (QED) is 0.600. The average Bonchev–Trinajstić information content (AvgIpc) is 3.07. The highest BCUT2D eigenvalue weighted by molar-refractivity contribution is 6.08. The number of carbonyl (C=O) groups is 2. The zero-order valence-electron chi connectivity index (χ0n) is 15.9. The van der Waals surface area contributed by atoms with Crippen LogP contribution >= 0.6 is 0 Å². The molecule has 0 atom stereocenters. The monoisotopic (exact) mass is 366 g/mol. The van der Waals surface area contributed by atoms with Crippen LogP contribution in [0.2, 0.25) is 0 Å². The van der Waals surface area contributed by atoms with Crippen molar-refractivity contribution in [2.75, 3.05) is 0 Å². The van der Waals surface area contributed by atoms with E-state index in [0.717, 1.165) is 28.6 Å². The van der Waals surface area contributed by atoms with Gasteiger partial charge in [-0.1, -0.05) is 19.9 Å². The largest absolute Gasteiger partial charge is 0.294 e. The van der Waals surface area contributed by atoms with E-state index in [1.54, 1.807) is 19.1 Å². The lowest BCUT2D eigenvalue weighted by Gasteiger charge is -2.09. The molecule has 27 heavy (non-hydrogen) atoms. The summed E-state index contributed by atoms with van der Waals surface area (Å²) >= 11 is 0. The molecule has 0 aliphatic heterocycles. The molecule has 3 rings (SSSR count). The van der Waals surface area contributed by atoms with E-state index in [1.165, 1.54) is 12.1 Å². The van der Waals surface area contributed by atoms with Gasteiger partial charge in [-0.3, -0.25) is 14.7 Å². The number of rotatable bonds is 7. The van der Waals surface area contributed by atoms with E-state index in [0.29, 0.717) is 29.5 Å². The number of H-pyrrole nitrogens is 1. The van der Waals surface area contributed by atoms with Gasteiger partial charge in [0.05, 0.1) is 5.52 Å². The number of aromatic amines is 1. The molecule has 1 N–H and O–H groups in total. The van der Waals surface area contributed by atoms with Gasteiger partial charge < -0.3 is 0 Å². The summed E-state index contributed by atoms with van der Waals surface area (Å²) in [5.74, 6) is -0.360. The van der Waals surface area contributed by atoms with Gasteiger partial charge >= 0.3 is 0 Å². The van der Waals surface area contributed by atoms with Crippen LogP contribution in [-0.4, -0.2) is 21.8 Å². The molecule has 3 aromatic rings. The van der Waals surface area contributed by atoms with Gasteiger partial charge in [-0.05, 0) is 60.7 Å². The van der Waals surface area contributed by atoms with E-state index in [2.05, 4.69) is 10.2 Å². The number of hydrogen-bond acceptors (Lipinski definition) is 3. The smallest absolute Gasteiger partial charge is 0.183 e. The molecule has 2 aromatic carbocycles. The van der Waals surface area contributed by atoms with Crippen LogP contribution < -0.4 is 0 Å². The van der Waals surface area contributed by atoms with Gasteiger partial charge in [-0.15, -0.1) is 0 Å². The SMILES string of the molecule is CCC(=O)c1n[nH]c2cc(C)c(C(=O)CCc3cc(F)ccc3CC)cc12. The number of nitrogens with one attached hydrogen (secondary N) is 1. The summed E-state index contributed by atoms with van der Waals surface area (Å²) in [5.41, 5.74) is 4.47. The number of aryl methyl sites for hydroxylation is 3. The second-order valence-corrected chi connectivity index (χ2v) is 6.75. The topological polar surface area (TPSA) is 62.8 Å². The molecule has 140 valence electrons. The van der Waals surface area contributed by atoms with Gasteiger partial charge in [0.2, 0.25) is 0 Å². The Morgan fingerprint density at radius 3 is 2.56 bits per heavy atom. The third-order valence-electron chi connectivity index (χ3n) is 4.96. The van der Waals surface area contributed by atoms with Crippen molar-refractivity contribution in [2.45, 2.75) is 46.5 Å². The first-order chi connectivity index (χ1) is 12.9. The molecule has 0 aliphatic carbocycles.